The first-order valence-corrected chi connectivity index (χ1v) is 6.30. The van der Waals surface area contributed by atoms with Crippen LogP contribution < -0.4 is 5.73 Å². The molecule has 98 valence electrons. The Morgan fingerprint density at radius 1 is 1.28 bits per heavy atom. The van der Waals surface area contributed by atoms with Crippen LogP contribution in [0.15, 0.2) is 29.5 Å². The molecule has 0 aliphatic heterocycles. The molecule has 1 rings (SSSR count). The number of hydrogen-bond donors (Lipinski definition) is 1. The standard InChI is InChI=1S/C14H22N4/c1-10(2)6-5-7-18-14(15)13-12(11(3)4)16-8-9-17-13/h5-6,8-11H,7H2,1-4H3,(H2,15,18)/b6-5-. The first-order chi connectivity index (χ1) is 8.52. The van der Waals surface area contributed by atoms with Gasteiger partial charge in [-0.2, -0.15) is 0 Å². The lowest BCUT2D eigenvalue weighted by molar-refractivity contribution is 0.806. The molecular weight excluding hydrogens is 224 g/mol. The number of aliphatic imine (C=N–C) groups is 1. The van der Waals surface area contributed by atoms with Crippen molar-refractivity contribution in [2.75, 3.05) is 6.54 Å². The third-order valence-corrected chi connectivity index (χ3v) is 2.40. The van der Waals surface area contributed by atoms with Gasteiger partial charge in [-0.3, -0.25) is 9.98 Å². The third kappa shape index (κ3) is 4.28. The summed E-state index contributed by atoms with van der Waals surface area (Å²) in [4.78, 5) is 12.9. The summed E-state index contributed by atoms with van der Waals surface area (Å²) in [5.74, 6) is 1.28. The molecular formula is C14H22N4. The third-order valence-electron chi connectivity index (χ3n) is 2.40. The molecule has 0 radical (unpaired) electrons. The van der Waals surface area contributed by atoms with Crippen LogP contribution in [0.5, 0.6) is 0 Å². The van der Waals surface area contributed by atoms with Crippen molar-refractivity contribution in [1.82, 2.24) is 9.97 Å². The molecule has 0 fully saturated rings. The first kappa shape index (κ1) is 14.4. The maximum atomic E-state index is 5.96. The second kappa shape index (κ2) is 6.89. The molecule has 18 heavy (non-hydrogen) atoms. The highest BCUT2D eigenvalue weighted by Gasteiger charge is 2.11. The monoisotopic (exact) mass is 246 g/mol. The molecule has 0 aromatic carbocycles. The predicted octanol–water partition coefficient (Wildman–Crippen LogP) is 2.52. The van der Waals surface area contributed by atoms with Crippen LogP contribution in [-0.4, -0.2) is 22.3 Å². The van der Waals surface area contributed by atoms with Crippen molar-refractivity contribution in [3.63, 3.8) is 0 Å². The number of hydrogen-bond acceptors (Lipinski definition) is 3. The minimum absolute atomic E-state index is 0.286. The topological polar surface area (TPSA) is 64.2 Å². The highest BCUT2D eigenvalue weighted by Crippen LogP contribution is 2.13. The van der Waals surface area contributed by atoms with Gasteiger partial charge in [-0.1, -0.05) is 39.8 Å². The molecule has 0 unspecified atom stereocenters. The Bertz CT molecular complexity index is 433. The number of nitrogens with two attached hydrogens (primary N) is 1. The summed E-state index contributed by atoms with van der Waals surface area (Å²) in [6.07, 6.45) is 7.46. The second-order valence-electron chi connectivity index (χ2n) is 4.84. The van der Waals surface area contributed by atoms with Crippen LogP contribution in [0, 0.1) is 5.92 Å². The predicted molar refractivity (Wildman–Crippen MR) is 75.7 cm³/mol. The van der Waals surface area contributed by atoms with Crippen LogP contribution in [0.3, 0.4) is 0 Å². The van der Waals surface area contributed by atoms with E-state index in [1.807, 2.05) is 6.08 Å². The van der Waals surface area contributed by atoms with Gasteiger partial charge in [0.25, 0.3) is 0 Å². The minimum Gasteiger partial charge on any atom is -0.382 e. The van der Waals surface area contributed by atoms with Gasteiger partial charge in [0.1, 0.15) is 11.5 Å². The van der Waals surface area contributed by atoms with Crippen LogP contribution in [0.2, 0.25) is 0 Å². The van der Waals surface area contributed by atoms with E-state index < -0.39 is 0 Å². The van der Waals surface area contributed by atoms with Gasteiger partial charge in [-0.15, -0.1) is 0 Å². The fraction of sp³-hybridized carbons (Fsp3) is 0.500. The van der Waals surface area contributed by atoms with Gasteiger partial charge in [0.05, 0.1) is 12.2 Å². The number of rotatable bonds is 5. The lowest BCUT2D eigenvalue weighted by Crippen LogP contribution is -2.19. The summed E-state index contributed by atoms with van der Waals surface area (Å²) in [7, 11) is 0. The van der Waals surface area contributed by atoms with E-state index >= 15 is 0 Å². The quantitative estimate of drug-likeness (QED) is 0.493. The molecule has 4 heteroatoms. The maximum absolute atomic E-state index is 5.96. The fourth-order valence-corrected chi connectivity index (χ4v) is 1.53. The van der Waals surface area contributed by atoms with Crippen molar-refractivity contribution >= 4 is 5.84 Å². The summed E-state index contributed by atoms with van der Waals surface area (Å²) in [6.45, 7) is 8.98. The van der Waals surface area contributed by atoms with Crippen LogP contribution in [-0.2, 0) is 0 Å². The number of nitrogens with zero attached hydrogens (tertiary/aromatic N) is 3. The van der Waals surface area contributed by atoms with Gasteiger partial charge in [-0.05, 0) is 11.8 Å². The van der Waals surface area contributed by atoms with E-state index in [4.69, 9.17) is 5.73 Å². The summed E-state index contributed by atoms with van der Waals surface area (Å²) in [5, 5.41) is 0. The summed E-state index contributed by atoms with van der Waals surface area (Å²) >= 11 is 0. The molecule has 0 saturated carbocycles. The molecule has 0 atom stereocenters. The summed E-state index contributed by atoms with van der Waals surface area (Å²) in [5.41, 5.74) is 7.56. The number of aromatic nitrogens is 2. The van der Waals surface area contributed by atoms with Crippen molar-refractivity contribution in [3.05, 3.63) is 35.9 Å². The Balaban J connectivity index is 2.83. The Morgan fingerprint density at radius 2 is 1.94 bits per heavy atom. The van der Waals surface area contributed by atoms with Crippen molar-refractivity contribution in [1.29, 1.82) is 0 Å². The Labute approximate surface area is 109 Å². The van der Waals surface area contributed by atoms with E-state index in [-0.39, 0.29) is 5.92 Å². The molecule has 0 aliphatic carbocycles. The minimum atomic E-state index is 0.286. The van der Waals surface area contributed by atoms with Crippen molar-refractivity contribution in [2.24, 2.45) is 16.6 Å². The van der Waals surface area contributed by atoms with Crippen molar-refractivity contribution < 1.29 is 0 Å². The average molecular weight is 246 g/mol. The second-order valence-corrected chi connectivity index (χ2v) is 4.84. The molecule has 4 nitrogen and oxygen atoms in total. The zero-order valence-corrected chi connectivity index (χ0v) is 11.6. The van der Waals surface area contributed by atoms with E-state index in [1.165, 1.54) is 0 Å². The molecule has 0 aliphatic rings. The van der Waals surface area contributed by atoms with Crippen LogP contribution in [0.4, 0.5) is 0 Å². The van der Waals surface area contributed by atoms with Gasteiger partial charge >= 0.3 is 0 Å². The lowest BCUT2D eigenvalue weighted by atomic mass is 10.1. The highest BCUT2D eigenvalue weighted by molar-refractivity contribution is 5.96. The molecule has 0 saturated heterocycles. The number of amidine groups is 1. The molecule has 1 heterocycles. The maximum Gasteiger partial charge on any atom is 0.146 e. The molecule has 0 amide bonds. The molecule has 0 bridgehead atoms. The van der Waals surface area contributed by atoms with Crippen LogP contribution >= 0.6 is 0 Å². The molecule has 1 aromatic rings. The van der Waals surface area contributed by atoms with Crippen LogP contribution in [0.1, 0.15) is 45.0 Å². The normalized spacial score (nSPS) is 12.9. The van der Waals surface area contributed by atoms with Gasteiger partial charge < -0.3 is 5.73 Å². The zero-order chi connectivity index (χ0) is 13.5. The van der Waals surface area contributed by atoms with Gasteiger partial charge in [-0.25, -0.2) is 4.98 Å². The highest BCUT2D eigenvalue weighted by atomic mass is 14.9. The van der Waals surface area contributed by atoms with Gasteiger partial charge in [0.2, 0.25) is 0 Å². The fourth-order valence-electron chi connectivity index (χ4n) is 1.53. The van der Waals surface area contributed by atoms with E-state index in [2.05, 4.69) is 48.7 Å². The lowest BCUT2D eigenvalue weighted by Gasteiger charge is -2.09. The van der Waals surface area contributed by atoms with E-state index in [0.717, 1.165) is 5.69 Å². The largest absolute Gasteiger partial charge is 0.382 e. The van der Waals surface area contributed by atoms with Crippen molar-refractivity contribution in [3.8, 4) is 0 Å². The van der Waals surface area contributed by atoms with E-state index in [9.17, 15) is 0 Å². The Hall–Kier alpha value is -1.71. The van der Waals surface area contributed by atoms with E-state index in [0.29, 0.717) is 24.0 Å². The summed E-state index contributed by atoms with van der Waals surface area (Å²) in [6, 6.07) is 0. The average Bonchev–Trinajstić information content (AvgIpc) is 2.34. The zero-order valence-electron chi connectivity index (χ0n) is 11.6. The van der Waals surface area contributed by atoms with Gasteiger partial charge in [0, 0.05) is 12.4 Å². The van der Waals surface area contributed by atoms with Gasteiger partial charge in [0.15, 0.2) is 0 Å². The van der Waals surface area contributed by atoms with Crippen LogP contribution in [0.25, 0.3) is 0 Å². The SMILES string of the molecule is CC(C)/C=C\CN=C(N)c1nccnc1C(C)C. The molecule has 2 N–H and O–H groups in total. The molecule has 0 spiro atoms. The van der Waals surface area contributed by atoms with E-state index in [1.54, 1.807) is 12.4 Å². The first-order valence-electron chi connectivity index (χ1n) is 6.30. The Morgan fingerprint density at radius 3 is 2.56 bits per heavy atom. The molecule has 1 aromatic heterocycles. The Kier molecular flexibility index (Phi) is 5.49. The van der Waals surface area contributed by atoms with Crippen molar-refractivity contribution in [2.45, 2.75) is 33.6 Å². The smallest absolute Gasteiger partial charge is 0.146 e. The number of allylic oxidation sites excluding steroid dienone is 1. The summed E-state index contributed by atoms with van der Waals surface area (Å²) < 4.78 is 0.